The Balaban J connectivity index is 2.10. The minimum atomic E-state index is -0.948. The van der Waals surface area contributed by atoms with Gasteiger partial charge in [-0.15, -0.1) is 0 Å². The minimum Gasteiger partial charge on any atom is -0.478 e. The number of carbonyl (C=O) groups is 1. The van der Waals surface area contributed by atoms with Gasteiger partial charge >= 0.3 is 5.97 Å². The third-order valence-electron chi connectivity index (χ3n) is 3.69. The highest BCUT2D eigenvalue weighted by atomic mass is 79.9. The summed E-state index contributed by atoms with van der Waals surface area (Å²) in [4.78, 5) is 15.3. The lowest BCUT2D eigenvalue weighted by molar-refractivity contribution is -0.131. The van der Waals surface area contributed by atoms with Gasteiger partial charge in [-0.25, -0.2) is 9.78 Å². The summed E-state index contributed by atoms with van der Waals surface area (Å²) in [5, 5.41) is 8.83. The van der Waals surface area contributed by atoms with Gasteiger partial charge in [-0.3, -0.25) is 0 Å². The first-order valence-corrected chi connectivity index (χ1v) is 7.70. The summed E-state index contributed by atoms with van der Waals surface area (Å²) in [6, 6.07) is 5.82. The normalized spacial score (nSPS) is 14.3. The van der Waals surface area contributed by atoms with E-state index in [9.17, 15) is 4.79 Å². The largest absolute Gasteiger partial charge is 0.478 e. The topological polar surface area (TPSA) is 55.1 Å². The number of carboxylic acid groups (broad SMARTS) is 1. The molecule has 5 heteroatoms. The molecule has 1 aromatic heterocycles. The average molecular weight is 347 g/mol. The molecule has 1 aliphatic rings. The summed E-state index contributed by atoms with van der Waals surface area (Å²) in [6.07, 6.45) is 9.03. The lowest BCUT2D eigenvalue weighted by Gasteiger charge is -2.16. The molecule has 1 aliphatic carbocycles. The standard InChI is InChI=1S/C16H15BrN2O2/c17-12-7-5-11(6-8-16(20)21)15(9-12)19-10-18-13-3-1-2-4-14(13)19/h5-10H,1-4H2,(H,20,21)/b8-6+. The molecular weight excluding hydrogens is 332 g/mol. The molecule has 4 nitrogen and oxygen atoms in total. The van der Waals surface area contributed by atoms with E-state index >= 15 is 0 Å². The van der Waals surface area contributed by atoms with Gasteiger partial charge in [0.25, 0.3) is 0 Å². The van der Waals surface area contributed by atoms with Gasteiger partial charge in [-0.05, 0) is 49.5 Å². The molecule has 0 amide bonds. The summed E-state index contributed by atoms with van der Waals surface area (Å²) in [7, 11) is 0. The molecular formula is C16H15BrN2O2. The van der Waals surface area contributed by atoms with Gasteiger partial charge in [0.05, 0.1) is 17.7 Å². The average Bonchev–Trinajstić information content (AvgIpc) is 2.89. The lowest BCUT2D eigenvalue weighted by Crippen LogP contribution is -2.07. The Morgan fingerprint density at radius 3 is 2.95 bits per heavy atom. The Bertz CT molecular complexity index is 719. The van der Waals surface area contributed by atoms with Crippen LogP contribution in [0.25, 0.3) is 11.8 Å². The van der Waals surface area contributed by atoms with E-state index in [4.69, 9.17) is 5.11 Å². The number of carboxylic acids is 1. The van der Waals surface area contributed by atoms with Crippen molar-refractivity contribution < 1.29 is 9.90 Å². The lowest BCUT2D eigenvalue weighted by atomic mass is 10.0. The van der Waals surface area contributed by atoms with Crippen molar-refractivity contribution in [1.82, 2.24) is 9.55 Å². The number of aliphatic carboxylic acids is 1. The highest BCUT2D eigenvalue weighted by Gasteiger charge is 2.17. The molecule has 3 rings (SSSR count). The highest BCUT2D eigenvalue weighted by molar-refractivity contribution is 9.10. The second-order valence-electron chi connectivity index (χ2n) is 5.09. The van der Waals surface area contributed by atoms with Crippen LogP contribution >= 0.6 is 15.9 Å². The van der Waals surface area contributed by atoms with Gasteiger partial charge in [0.2, 0.25) is 0 Å². The molecule has 1 aromatic carbocycles. The van der Waals surface area contributed by atoms with Crippen molar-refractivity contribution in [3.63, 3.8) is 0 Å². The summed E-state index contributed by atoms with van der Waals surface area (Å²) in [5.74, 6) is -0.948. The Labute approximate surface area is 131 Å². The summed E-state index contributed by atoms with van der Waals surface area (Å²) in [6.45, 7) is 0. The first-order chi connectivity index (χ1) is 10.1. The second-order valence-corrected chi connectivity index (χ2v) is 6.01. The number of benzene rings is 1. The van der Waals surface area contributed by atoms with Crippen LogP contribution in [-0.4, -0.2) is 20.6 Å². The fraction of sp³-hybridized carbons (Fsp3) is 0.250. The molecule has 0 fully saturated rings. The number of hydrogen-bond donors (Lipinski definition) is 1. The van der Waals surface area contributed by atoms with Gasteiger partial charge < -0.3 is 9.67 Å². The molecule has 0 radical (unpaired) electrons. The number of halogens is 1. The van der Waals surface area contributed by atoms with E-state index in [2.05, 4.69) is 25.5 Å². The predicted molar refractivity (Wildman–Crippen MR) is 84.6 cm³/mol. The second kappa shape index (κ2) is 5.85. The molecule has 108 valence electrons. The van der Waals surface area contributed by atoms with Crippen LogP contribution in [0.5, 0.6) is 0 Å². The minimum absolute atomic E-state index is 0.867. The van der Waals surface area contributed by atoms with Gasteiger partial charge in [0.1, 0.15) is 0 Å². The first-order valence-electron chi connectivity index (χ1n) is 6.91. The Hall–Kier alpha value is -1.88. The van der Waals surface area contributed by atoms with Crippen molar-refractivity contribution in [2.45, 2.75) is 25.7 Å². The Kier molecular flexibility index (Phi) is 3.92. The number of hydrogen-bond acceptors (Lipinski definition) is 2. The fourth-order valence-corrected chi connectivity index (χ4v) is 3.05. The fourth-order valence-electron chi connectivity index (χ4n) is 2.70. The van der Waals surface area contributed by atoms with Crippen LogP contribution in [0.1, 0.15) is 29.8 Å². The monoisotopic (exact) mass is 346 g/mol. The maximum atomic E-state index is 10.8. The van der Waals surface area contributed by atoms with Crippen LogP contribution in [-0.2, 0) is 17.6 Å². The van der Waals surface area contributed by atoms with E-state index in [1.54, 1.807) is 6.08 Å². The maximum Gasteiger partial charge on any atom is 0.328 e. The van der Waals surface area contributed by atoms with Crippen molar-refractivity contribution in [2.75, 3.05) is 0 Å². The molecule has 0 saturated carbocycles. The third-order valence-corrected chi connectivity index (χ3v) is 4.18. The van der Waals surface area contributed by atoms with E-state index in [0.29, 0.717) is 0 Å². The zero-order chi connectivity index (χ0) is 14.8. The van der Waals surface area contributed by atoms with E-state index in [0.717, 1.165) is 40.3 Å². The van der Waals surface area contributed by atoms with Gasteiger partial charge in [-0.1, -0.05) is 22.0 Å². The zero-order valence-electron chi connectivity index (χ0n) is 11.4. The van der Waals surface area contributed by atoms with Crippen LogP contribution in [0.4, 0.5) is 0 Å². The highest BCUT2D eigenvalue weighted by Crippen LogP contribution is 2.27. The van der Waals surface area contributed by atoms with E-state index in [-0.39, 0.29) is 0 Å². The van der Waals surface area contributed by atoms with Crippen LogP contribution in [0.2, 0.25) is 0 Å². The number of aryl methyl sites for hydroxylation is 1. The molecule has 1 N–H and O–H groups in total. The third kappa shape index (κ3) is 2.93. The number of imidazole rings is 1. The van der Waals surface area contributed by atoms with Crippen LogP contribution in [0.3, 0.4) is 0 Å². The molecule has 21 heavy (non-hydrogen) atoms. The van der Waals surface area contributed by atoms with Gasteiger partial charge in [0, 0.05) is 16.2 Å². The van der Waals surface area contributed by atoms with Crippen LogP contribution in [0.15, 0.2) is 35.1 Å². The maximum absolute atomic E-state index is 10.8. The molecule has 1 heterocycles. The summed E-state index contributed by atoms with van der Waals surface area (Å²) >= 11 is 3.48. The van der Waals surface area contributed by atoms with E-state index in [1.165, 1.54) is 18.5 Å². The SMILES string of the molecule is O=C(O)/C=C/c1ccc(Br)cc1-n1cnc2c1CCCC2. The summed E-state index contributed by atoms with van der Waals surface area (Å²) < 4.78 is 3.05. The quantitative estimate of drug-likeness (QED) is 0.863. The molecule has 0 saturated heterocycles. The Morgan fingerprint density at radius 2 is 2.14 bits per heavy atom. The number of aromatic nitrogens is 2. The van der Waals surface area contributed by atoms with Crippen molar-refractivity contribution in [2.24, 2.45) is 0 Å². The number of rotatable bonds is 3. The van der Waals surface area contributed by atoms with Crippen molar-refractivity contribution in [1.29, 1.82) is 0 Å². The van der Waals surface area contributed by atoms with Gasteiger partial charge in [-0.2, -0.15) is 0 Å². The van der Waals surface area contributed by atoms with Crippen molar-refractivity contribution in [3.8, 4) is 5.69 Å². The number of fused-ring (bicyclic) bond motifs is 1. The molecule has 0 unspecified atom stereocenters. The van der Waals surface area contributed by atoms with Crippen molar-refractivity contribution >= 4 is 28.0 Å². The summed E-state index contributed by atoms with van der Waals surface area (Å²) in [5.41, 5.74) is 4.22. The molecule has 2 aromatic rings. The smallest absolute Gasteiger partial charge is 0.328 e. The van der Waals surface area contributed by atoms with Crippen molar-refractivity contribution in [3.05, 3.63) is 52.0 Å². The zero-order valence-corrected chi connectivity index (χ0v) is 13.0. The molecule has 0 spiro atoms. The van der Waals surface area contributed by atoms with E-state index in [1.807, 2.05) is 24.5 Å². The Morgan fingerprint density at radius 1 is 1.33 bits per heavy atom. The predicted octanol–water partition coefficient (Wildman–Crippen LogP) is 3.61. The molecule has 0 aliphatic heterocycles. The molecule has 0 bridgehead atoms. The van der Waals surface area contributed by atoms with E-state index < -0.39 is 5.97 Å². The molecule has 0 atom stereocenters. The number of nitrogens with zero attached hydrogens (tertiary/aromatic N) is 2. The van der Waals surface area contributed by atoms with Gasteiger partial charge in [0.15, 0.2) is 0 Å². The first kappa shape index (κ1) is 14.1. The van der Waals surface area contributed by atoms with Crippen LogP contribution in [0, 0.1) is 0 Å². The van der Waals surface area contributed by atoms with Crippen LogP contribution < -0.4 is 0 Å².